The summed E-state index contributed by atoms with van der Waals surface area (Å²) in [7, 11) is 1.63. The Morgan fingerprint density at radius 1 is 1.33 bits per heavy atom. The number of carbonyl (C=O) groups excluding carboxylic acids is 1. The summed E-state index contributed by atoms with van der Waals surface area (Å²) in [5, 5.41) is 13.0. The number of nitrogens with zero attached hydrogens (tertiary/aromatic N) is 1. The molecular formula is C15H20N2O3S. The highest BCUT2D eigenvalue weighted by atomic mass is 32.2. The first-order valence-electron chi connectivity index (χ1n) is 7.01. The van der Waals surface area contributed by atoms with Gasteiger partial charge >= 0.3 is 5.97 Å². The van der Waals surface area contributed by atoms with Gasteiger partial charge in [0.2, 0.25) is 5.91 Å². The van der Waals surface area contributed by atoms with Crippen LogP contribution in [0.1, 0.15) is 23.2 Å². The van der Waals surface area contributed by atoms with E-state index in [4.69, 9.17) is 0 Å². The molecule has 0 radical (unpaired) electrons. The van der Waals surface area contributed by atoms with Crippen LogP contribution in [0.5, 0.6) is 0 Å². The predicted molar refractivity (Wildman–Crippen MR) is 85.2 cm³/mol. The highest BCUT2D eigenvalue weighted by molar-refractivity contribution is 8.00. The molecule has 1 amide bonds. The van der Waals surface area contributed by atoms with E-state index in [1.807, 2.05) is 0 Å². The van der Waals surface area contributed by atoms with Crippen LogP contribution in [0.15, 0.2) is 24.3 Å². The summed E-state index contributed by atoms with van der Waals surface area (Å²) in [4.78, 5) is 24.9. The molecule has 1 aliphatic rings. The van der Waals surface area contributed by atoms with Crippen LogP contribution in [-0.4, -0.2) is 48.1 Å². The minimum atomic E-state index is -1.02. The van der Waals surface area contributed by atoms with Crippen LogP contribution < -0.4 is 10.2 Å². The Balaban J connectivity index is 1.97. The predicted octanol–water partition coefficient (Wildman–Crippen LogP) is 1.83. The van der Waals surface area contributed by atoms with E-state index in [2.05, 4.69) is 5.32 Å². The molecule has 6 heteroatoms. The van der Waals surface area contributed by atoms with Gasteiger partial charge in [-0.15, -0.1) is 11.8 Å². The fourth-order valence-electron chi connectivity index (χ4n) is 2.33. The number of anilines is 1. The van der Waals surface area contributed by atoms with E-state index in [1.165, 1.54) is 11.0 Å². The Kier molecular flexibility index (Phi) is 5.64. The molecule has 0 bridgehead atoms. The number of hydrogen-bond donors (Lipinski definition) is 2. The maximum absolute atomic E-state index is 12.3. The lowest BCUT2D eigenvalue weighted by molar-refractivity contribution is -0.115. The van der Waals surface area contributed by atoms with E-state index in [9.17, 15) is 14.7 Å². The summed E-state index contributed by atoms with van der Waals surface area (Å²) in [6.45, 7) is 2.01. The van der Waals surface area contributed by atoms with E-state index in [0.717, 1.165) is 25.9 Å². The first-order valence-corrected chi connectivity index (χ1v) is 8.05. The Labute approximate surface area is 128 Å². The largest absolute Gasteiger partial charge is 0.478 e. The van der Waals surface area contributed by atoms with Crippen molar-refractivity contribution < 1.29 is 14.7 Å². The van der Waals surface area contributed by atoms with E-state index >= 15 is 0 Å². The first kappa shape index (κ1) is 15.9. The van der Waals surface area contributed by atoms with E-state index in [1.54, 1.807) is 37.0 Å². The molecule has 5 nitrogen and oxygen atoms in total. The van der Waals surface area contributed by atoms with E-state index < -0.39 is 5.97 Å². The summed E-state index contributed by atoms with van der Waals surface area (Å²) in [5.74, 6) is -0.696. The number of piperidine rings is 1. The third-order valence-corrected chi connectivity index (χ3v) is 4.96. The number of hydrogen-bond acceptors (Lipinski definition) is 4. The topological polar surface area (TPSA) is 69.6 Å². The molecular weight excluding hydrogens is 288 g/mol. The SMILES string of the molecule is CN(C(=O)CSC1CCNCC1)c1ccccc1C(=O)O. The fourth-order valence-corrected chi connectivity index (χ4v) is 3.47. The Bertz CT molecular complexity index is 515. The highest BCUT2D eigenvalue weighted by Crippen LogP contribution is 2.23. The van der Waals surface area contributed by atoms with Crippen molar-refractivity contribution in [2.45, 2.75) is 18.1 Å². The smallest absolute Gasteiger partial charge is 0.337 e. The molecule has 114 valence electrons. The summed E-state index contributed by atoms with van der Waals surface area (Å²) in [6.07, 6.45) is 2.15. The van der Waals surface area contributed by atoms with Gasteiger partial charge in [0.15, 0.2) is 0 Å². The van der Waals surface area contributed by atoms with Gasteiger partial charge in [-0.3, -0.25) is 4.79 Å². The fraction of sp³-hybridized carbons (Fsp3) is 0.467. The average Bonchev–Trinajstić information content (AvgIpc) is 2.52. The molecule has 1 aromatic carbocycles. The quantitative estimate of drug-likeness (QED) is 0.868. The Morgan fingerprint density at radius 2 is 2.00 bits per heavy atom. The summed E-state index contributed by atoms with van der Waals surface area (Å²) in [6, 6.07) is 6.58. The van der Waals surface area contributed by atoms with Gasteiger partial charge < -0.3 is 15.3 Å². The molecule has 2 N–H and O–H groups in total. The monoisotopic (exact) mass is 308 g/mol. The molecule has 1 aliphatic heterocycles. The second kappa shape index (κ2) is 7.47. The molecule has 0 spiro atoms. The zero-order chi connectivity index (χ0) is 15.2. The summed E-state index contributed by atoms with van der Waals surface area (Å²) in [5.41, 5.74) is 0.598. The van der Waals surface area contributed by atoms with E-state index in [0.29, 0.717) is 16.7 Å². The van der Waals surface area contributed by atoms with Crippen LogP contribution in [0.25, 0.3) is 0 Å². The van der Waals surface area contributed by atoms with Crippen LogP contribution >= 0.6 is 11.8 Å². The highest BCUT2D eigenvalue weighted by Gasteiger charge is 2.20. The van der Waals surface area contributed by atoms with Crippen LogP contribution in [-0.2, 0) is 4.79 Å². The van der Waals surface area contributed by atoms with Gasteiger partial charge in [0.05, 0.1) is 17.0 Å². The first-order chi connectivity index (χ1) is 10.1. The lowest BCUT2D eigenvalue weighted by Crippen LogP contribution is -2.32. The number of para-hydroxylation sites is 1. The van der Waals surface area contributed by atoms with Gasteiger partial charge in [-0.2, -0.15) is 0 Å². The van der Waals surface area contributed by atoms with Gasteiger partial charge in [0, 0.05) is 12.3 Å². The van der Waals surface area contributed by atoms with Gasteiger partial charge in [-0.25, -0.2) is 4.79 Å². The molecule has 0 unspecified atom stereocenters. The van der Waals surface area contributed by atoms with Crippen molar-refractivity contribution in [3.05, 3.63) is 29.8 Å². The van der Waals surface area contributed by atoms with Crippen LogP contribution in [0.3, 0.4) is 0 Å². The number of amides is 1. The lowest BCUT2D eigenvalue weighted by Gasteiger charge is -2.24. The molecule has 2 rings (SSSR count). The van der Waals surface area contributed by atoms with Crippen molar-refractivity contribution in [1.29, 1.82) is 0 Å². The second-order valence-electron chi connectivity index (χ2n) is 5.04. The van der Waals surface area contributed by atoms with Crippen LogP contribution in [0, 0.1) is 0 Å². The lowest BCUT2D eigenvalue weighted by atomic mass is 10.1. The number of carboxylic acids is 1. The summed E-state index contributed by atoms with van der Waals surface area (Å²) >= 11 is 1.66. The number of aromatic carboxylic acids is 1. The number of thioether (sulfide) groups is 1. The van der Waals surface area contributed by atoms with Crippen molar-refractivity contribution in [3.8, 4) is 0 Å². The van der Waals surface area contributed by atoms with Crippen molar-refractivity contribution in [1.82, 2.24) is 5.32 Å². The third kappa shape index (κ3) is 4.22. The zero-order valence-electron chi connectivity index (χ0n) is 12.0. The number of nitrogens with one attached hydrogen (secondary N) is 1. The van der Waals surface area contributed by atoms with Crippen molar-refractivity contribution in [2.24, 2.45) is 0 Å². The number of rotatable bonds is 5. The van der Waals surface area contributed by atoms with Gasteiger partial charge in [-0.05, 0) is 38.1 Å². The molecule has 0 aliphatic carbocycles. The minimum absolute atomic E-state index is 0.0627. The molecule has 0 atom stereocenters. The van der Waals surface area contributed by atoms with Gasteiger partial charge in [-0.1, -0.05) is 12.1 Å². The number of benzene rings is 1. The molecule has 1 aromatic rings. The van der Waals surface area contributed by atoms with Crippen LogP contribution in [0.4, 0.5) is 5.69 Å². The van der Waals surface area contributed by atoms with Gasteiger partial charge in [0.1, 0.15) is 0 Å². The minimum Gasteiger partial charge on any atom is -0.478 e. The average molecular weight is 308 g/mol. The summed E-state index contributed by atoms with van der Waals surface area (Å²) < 4.78 is 0. The number of carbonyl (C=O) groups is 2. The molecule has 1 fully saturated rings. The molecule has 0 aromatic heterocycles. The Morgan fingerprint density at radius 3 is 2.67 bits per heavy atom. The third-order valence-electron chi connectivity index (χ3n) is 3.60. The zero-order valence-corrected chi connectivity index (χ0v) is 12.9. The Hall–Kier alpha value is -1.53. The maximum atomic E-state index is 12.3. The molecule has 1 saturated heterocycles. The molecule has 1 heterocycles. The van der Waals surface area contributed by atoms with Crippen molar-refractivity contribution >= 4 is 29.3 Å². The second-order valence-corrected chi connectivity index (χ2v) is 6.32. The van der Waals surface area contributed by atoms with Crippen LogP contribution in [0.2, 0.25) is 0 Å². The van der Waals surface area contributed by atoms with E-state index in [-0.39, 0.29) is 11.5 Å². The van der Waals surface area contributed by atoms with Gasteiger partial charge in [0.25, 0.3) is 0 Å². The van der Waals surface area contributed by atoms with Crippen molar-refractivity contribution in [2.75, 3.05) is 30.8 Å². The number of carboxylic acid groups (broad SMARTS) is 1. The maximum Gasteiger partial charge on any atom is 0.337 e. The normalized spacial score (nSPS) is 15.7. The molecule has 21 heavy (non-hydrogen) atoms. The van der Waals surface area contributed by atoms with Crippen molar-refractivity contribution in [3.63, 3.8) is 0 Å². The standard InChI is InChI=1S/C15H20N2O3S/c1-17(13-5-3-2-4-12(13)15(19)20)14(18)10-21-11-6-8-16-9-7-11/h2-5,11,16H,6-10H2,1H3,(H,19,20). The molecule has 0 saturated carbocycles.